The van der Waals surface area contributed by atoms with Gasteiger partial charge >= 0.3 is 0 Å². The molecule has 1 unspecified atom stereocenters. The lowest BCUT2D eigenvalue weighted by Gasteiger charge is -2.20. The molecule has 1 aliphatic heterocycles. The van der Waals surface area contributed by atoms with Crippen LogP contribution in [0.3, 0.4) is 0 Å². The summed E-state index contributed by atoms with van der Waals surface area (Å²) < 4.78 is 1.50. The number of halogens is 2. The Morgan fingerprint density at radius 3 is 2.93 bits per heavy atom. The van der Waals surface area contributed by atoms with Crippen molar-refractivity contribution in [3.05, 3.63) is 52.1 Å². The van der Waals surface area contributed by atoms with Crippen LogP contribution in [0.15, 0.2) is 36.5 Å². The van der Waals surface area contributed by atoms with Crippen molar-refractivity contribution in [2.45, 2.75) is 19.1 Å². The molecule has 140 valence electrons. The minimum Gasteiger partial charge on any atom is -0.391 e. The van der Waals surface area contributed by atoms with E-state index >= 15 is 0 Å². The molecule has 2 aromatic heterocycles. The van der Waals surface area contributed by atoms with Crippen LogP contribution in [-0.4, -0.2) is 49.5 Å². The molecule has 3 heterocycles. The van der Waals surface area contributed by atoms with Crippen LogP contribution in [0.25, 0.3) is 5.69 Å². The number of benzene rings is 1. The molecule has 0 radical (unpaired) electrons. The maximum absolute atomic E-state index is 9.80. The monoisotopic (exact) mass is 405 g/mol. The lowest BCUT2D eigenvalue weighted by molar-refractivity contribution is 0.198. The van der Waals surface area contributed by atoms with Crippen molar-refractivity contribution in [3.8, 4) is 5.69 Å². The van der Waals surface area contributed by atoms with Crippen LogP contribution >= 0.6 is 23.2 Å². The third-order valence-electron chi connectivity index (χ3n) is 4.40. The number of anilines is 2. The van der Waals surface area contributed by atoms with Gasteiger partial charge in [0.2, 0.25) is 5.95 Å². The first-order valence-electron chi connectivity index (χ1n) is 8.47. The lowest BCUT2D eigenvalue weighted by atomic mass is 10.2. The maximum Gasteiger partial charge on any atom is 0.248 e. The molecule has 0 spiro atoms. The Labute approximate surface area is 165 Å². The number of pyridine rings is 1. The summed E-state index contributed by atoms with van der Waals surface area (Å²) in [5.74, 6) is 1.29. The Bertz CT molecular complexity index is 949. The van der Waals surface area contributed by atoms with Crippen molar-refractivity contribution in [1.29, 1.82) is 0 Å². The zero-order valence-corrected chi connectivity index (χ0v) is 15.8. The van der Waals surface area contributed by atoms with Gasteiger partial charge in [0.15, 0.2) is 0 Å². The predicted molar refractivity (Wildman–Crippen MR) is 104 cm³/mol. The van der Waals surface area contributed by atoms with Gasteiger partial charge in [-0.1, -0.05) is 40.4 Å². The molecule has 1 atom stereocenters. The molecule has 0 aliphatic carbocycles. The van der Waals surface area contributed by atoms with E-state index in [1.165, 1.54) is 4.68 Å². The molecule has 1 aromatic carbocycles. The topological polar surface area (TPSA) is 92.0 Å². The molecule has 10 heteroatoms. The molecule has 1 aliphatic rings. The number of hydrogen-bond donors (Lipinski definition) is 2. The van der Waals surface area contributed by atoms with Crippen LogP contribution in [-0.2, 0) is 6.54 Å². The van der Waals surface area contributed by atoms with E-state index in [2.05, 4.69) is 30.7 Å². The van der Waals surface area contributed by atoms with Gasteiger partial charge in [-0.05, 0) is 35.0 Å². The highest BCUT2D eigenvalue weighted by molar-refractivity contribution is 6.43. The number of aliphatic hydroxyl groups excluding tert-OH is 1. The molecule has 0 amide bonds. The Balaban J connectivity index is 1.56. The summed E-state index contributed by atoms with van der Waals surface area (Å²) in [7, 11) is 0. The Hall–Kier alpha value is -2.42. The number of tetrazole rings is 1. The van der Waals surface area contributed by atoms with Gasteiger partial charge < -0.3 is 15.3 Å². The summed E-state index contributed by atoms with van der Waals surface area (Å²) >= 11 is 12.4. The molecule has 2 N–H and O–H groups in total. The average molecular weight is 406 g/mol. The second-order valence-corrected chi connectivity index (χ2v) is 7.00. The second-order valence-electron chi connectivity index (χ2n) is 6.22. The van der Waals surface area contributed by atoms with Crippen LogP contribution in [0.2, 0.25) is 10.0 Å². The molecule has 3 aromatic rings. The zero-order valence-electron chi connectivity index (χ0n) is 14.3. The highest BCUT2D eigenvalue weighted by Crippen LogP contribution is 2.29. The quantitative estimate of drug-likeness (QED) is 0.673. The maximum atomic E-state index is 9.80. The average Bonchev–Trinajstić information content (AvgIpc) is 3.31. The fourth-order valence-corrected chi connectivity index (χ4v) is 3.45. The number of hydrogen-bond acceptors (Lipinski definition) is 7. The van der Waals surface area contributed by atoms with Gasteiger partial charge in [-0.15, -0.1) is 0 Å². The first-order valence-corrected chi connectivity index (χ1v) is 9.22. The van der Waals surface area contributed by atoms with E-state index in [1.54, 1.807) is 24.4 Å². The summed E-state index contributed by atoms with van der Waals surface area (Å²) in [6.07, 6.45) is 2.18. The molecular formula is C17H17Cl2N7O. The van der Waals surface area contributed by atoms with E-state index in [4.69, 9.17) is 23.2 Å². The van der Waals surface area contributed by atoms with Crippen LogP contribution < -0.4 is 10.2 Å². The van der Waals surface area contributed by atoms with E-state index < -0.39 is 0 Å². The lowest BCUT2D eigenvalue weighted by Crippen LogP contribution is -2.24. The van der Waals surface area contributed by atoms with Gasteiger partial charge in [0, 0.05) is 31.4 Å². The zero-order chi connectivity index (χ0) is 18.8. The van der Waals surface area contributed by atoms with E-state index in [0.29, 0.717) is 34.8 Å². The van der Waals surface area contributed by atoms with Gasteiger partial charge in [0.05, 0.1) is 21.8 Å². The van der Waals surface area contributed by atoms with Gasteiger partial charge in [0.1, 0.15) is 5.82 Å². The van der Waals surface area contributed by atoms with Crippen molar-refractivity contribution in [1.82, 2.24) is 25.2 Å². The predicted octanol–water partition coefficient (Wildman–Crippen LogP) is 2.55. The second kappa shape index (κ2) is 7.67. The minimum absolute atomic E-state index is 0.315. The van der Waals surface area contributed by atoms with E-state index in [-0.39, 0.29) is 6.10 Å². The van der Waals surface area contributed by atoms with Gasteiger partial charge in [-0.25, -0.2) is 4.98 Å². The molecule has 27 heavy (non-hydrogen) atoms. The fraction of sp³-hybridized carbons (Fsp3) is 0.294. The first kappa shape index (κ1) is 18.0. The van der Waals surface area contributed by atoms with Crippen molar-refractivity contribution < 1.29 is 5.11 Å². The molecule has 8 nitrogen and oxygen atoms in total. The summed E-state index contributed by atoms with van der Waals surface area (Å²) in [6.45, 7) is 1.83. The smallest absolute Gasteiger partial charge is 0.248 e. The summed E-state index contributed by atoms with van der Waals surface area (Å²) in [4.78, 5) is 6.56. The minimum atomic E-state index is -0.315. The van der Waals surface area contributed by atoms with E-state index in [0.717, 1.165) is 24.3 Å². The van der Waals surface area contributed by atoms with Crippen LogP contribution in [0.4, 0.5) is 11.8 Å². The highest BCUT2D eigenvalue weighted by Gasteiger charge is 2.23. The number of nitrogens with zero attached hydrogens (tertiary/aromatic N) is 6. The SMILES string of the molecule is OC1CCN(c2ncccc2CNc2nnnn2-c2cccc(Cl)c2Cl)C1. The van der Waals surface area contributed by atoms with Crippen molar-refractivity contribution in [3.63, 3.8) is 0 Å². The third-order valence-corrected chi connectivity index (χ3v) is 5.21. The van der Waals surface area contributed by atoms with Gasteiger partial charge in [-0.2, -0.15) is 4.68 Å². The molecule has 0 bridgehead atoms. The summed E-state index contributed by atoms with van der Waals surface area (Å²) in [6, 6.07) is 9.14. The van der Waals surface area contributed by atoms with Crippen molar-refractivity contribution in [2.24, 2.45) is 0 Å². The number of aromatic nitrogens is 5. The molecule has 1 saturated heterocycles. The van der Waals surface area contributed by atoms with Crippen LogP contribution in [0.5, 0.6) is 0 Å². The first-order chi connectivity index (χ1) is 13.1. The molecule has 0 saturated carbocycles. The molecule has 1 fully saturated rings. The molecular weight excluding hydrogens is 389 g/mol. The molecule has 4 rings (SSSR count). The summed E-state index contributed by atoms with van der Waals surface area (Å²) in [5.41, 5.74) is 1.57. The number of aliphatic hydroxyl groups is 1. The van der Waals surface area contributed by atoms with E-state index in [1.807, 2.05) is 12.1 Å². The van der Waals surface area contributed by atoms with Crippen molar-refractivity contribution >= 4 is 35.0 Å². The highest BCUT2D eigenvalue weighted by atomic mass is 35.5. The number of nitrogens with one attached hydrogen (secondary N) is 1. The Kier molecular flexibility index (Phi) is 5.11. The van der Waals surface area contributed by atoms with Crippen molar-refractivity contribution in [2.75, 3.05) is 23.3 Å². The Morgan fingerprint density at radius 2 is 2.11 bits per heavy atom. The normalized spacial score (nSPS) is 16.7. The summed E-state index contributed by atoms with van der Waals surface area (Å²) in [5, 5.41) is 25.6. The van der Waals surface area contributed by atoms with Gasteiger partial charge in [-0.3, -0.25) is 0 Å². The standard InChI is InChI=1S/C17H17Cl2N7O/c18-13-4-1-5-14(15(13)19)26-17(22-23-24-26)21-9-11-3-2-7-20-16(11)25-8-6-12(27)10-25/h1-5,7,12,27H,6,8-10H2,(H,21,22,24). The van der Waals surface area contributed by atoms with Crippen LogP contribution in [0.1, 0.15) is 12.0 Å². The largest absolute Gasteiger partial charge is 0.391 e. The van der Waals surface area contributed by atoms with Crippen LogP contribution in [0, 0.1) is 0 Å². The van der Waals surface area contributed by atoms with Gasteiger partial charge in [0.25, 0.3) is 0 Å². The Morgan fingerprint density at radius 1 is 1.22 bits per heavy atom. The van der Waals surface area contributed by atoms with E-state index in [9.17, 15) is 5.11 Å². The fourth-order valence-electron chi connectivity index (χ4n) is 3.08. The third kappa shape index (κ3) is 3.69. The number of β-amino-alcohol motifs (C(OH)–C–C–N with tert-alkyl or cyclic N) is 1. The number of rotatable bonds is 5.